The first kappa shape index (κ1) is 27.5. The highest BCUT2D eigenvalue weighted by molar-refractivity contribution is 7.92. The number of morpholine rings is 1. The second-order valence-electron chi connectivity index (χ2n) is 9.86. The van der Waals surface area contributed by atoms with Crippen molar-refractivity contribution in [1.82, 2.24) is 14.8 Å². The van der Waals surface area contributed by atoms with E-state index in [1.54, 1.807) is 12.3 Å². The summed E-state index contributed by atoms with van der Waals surface area (Å²) in [5.41, 5.74) is 3.53. The van der Waals surface area contributed by atoms with E-state index in [0.29, 0.717) is 24.7 Å². The van der Waals surface area contributed by atoms with Gasteiger partial charge in [-0.25, -0.2) is 17.2 Å². The fourth-order valence-corrected chi connectivity index (χ4v) is 7.06. The van der Waals surface area contributed by atoms with Gasteiger partial charge in [0, 0.05) is 65.9 Å². The lowest BCUT2D eigenvalue weighted by atomic mass is 10.1. The third-order valence-corrected chi connectivity index (χ3v) is 9.72. The predicted molar refractivity (Wildman–Crippen MR) is 152 cm³/mol. The van der Waals surface area contributed by atoms with Gasteiger partial charge in [-0.3, -0.25) is 19.4 Å². The first-order valence-corrected chi connectivity index (χ1v) is 15.3. The monoisotopic (exact) mass is 596 g/mol. The zero-order valence-electron chi connectivity index (χ0n) is 21.8. The number of amides is 1. The van der Waals surface area contributed by atoms with Gasteiger partial charge in [0.05, 0.1) is 25.1 Å². The van der Waals surface area contributed by atoms with Gasteiger partial charge in [0.15, 0.2) is 0 Å². The standard InChI is InChI=1S/C29H26F2N4O4S2/c30-22-2-6-28(25(31)15-22)41(37,38)33-23-14-20(16-32-17-23)27-5-4-26(40-27)19-1-3-24-21(13-19)18-35(29(24)36)8-7-34-9-11-39-12-10-34/h1-6,13-17,33H,7-12,18H2. The molecule has 2 aliphatic heterocycles. The van der Waals surface area contributed by atoms with Crippen LogP contribution in [0.4, 0.5) is 14.5 Å². The number of pyridine rings is 1. The zero-order valence-corrected chi connectivity index (χ0v) is 23.5. The van der Waals surface area contributed by atoms with Crippen LogP contribution < -0.4 is 4.72 Å². The van der Waals surface area contributed by atoms with Gasteiger partial charge < -0.3 is 9.64 Å². The van der Waals surface area contributed by atoms with E-state index in [1.807, 2.05) is 29.2 Å². The summed E-state index contributed by atoms with van der Waals surface area (Å²) in [4.78, 5) is 22.5. The summed E-state index contributed by atoms with van der Waals surface area (Å²) in [6, 6.07) is 13.7. The van der Waals surface area contributed by atoms with E-state index in [2.05, 4.69) is 20.7 Å². The molecular formula is C29H26F2N4O4S2. The molecule has 0 atom stereocenters. The summed E-state index contributed by atoms with van der Waals surface area (Å²) < 4.78 is 60.5. The number of hydrogen-bond acceptors (Lipinski definition) is 7. The molecule has 12 heteroatoms. The first-order chi connectivity index (χ1) is 19.8. The molecule has 2 aromatic carbocycles. The fourth-order valence-electron chi connectivity index (χ4n) is 4.98. The van der Waals surface area contributed by atoms with Crippen LogP contribution in [0.15, 0.2) is 71.9 Å². The number of anilines is 1. The summed E-state index contributed by atoms with van der Waals surface area (Å²) in [6.07, 6.45) is 2.93. The Morgan fingerprint density at radius 2 is 1.71 bits per heavy atom. The Morgan fingerprint density at radius 3 is 2.49 bits per heavy atom. The highest BCUT2D eigenvalue weighted by Gasteiger charge is 2.28. The van der Waals surface area contributed by atoms with Gasteiger partial charge in [0.25, 0.3) is 15.9 Å². The van der Waals surface area contributed by atoms with Crippen molar-refractivity contribution in [2.75, 3.05) is 44.1 Å². The lowest BCUT2D eigenvalue weighted by molar-refractivity contribution is 0.0327. The van der Waals surface area contributed by atoms with Crippen LogP contribution in [0, 0.1) is 11.6 Å². The van der Waals surface area contributed by atoms with Crippen LogP contribution in [0.25, 0.3) is 20.9 Å². The number of ether oxygens (including phenoxy) is 1. The number of thiophene rings is 1. The maximum atomic E-state index is 14.1. The number of nitrogens with zero attached hydrogens (tertiary/aromatic N) is 3. The predicted octanol–water partition coefficient (Wildman–Crippen LogP) is 4.84. The van der Waals surface area contributed by atoms with Crippen LogP contribution >= 0.6 is 11.3 Å². The van der Waals surface area contributed by atoms with E-state index in [-0.39, 0.29) is 11.6 Å². The van der Waals surface area contributed by atoms with Crippen molar-refractivity contribution >= 4 is 33.0 Å². The van der Waals surface area contributed by atoms with Crippen molar-refractivity contribution in [3.8, 4) is 20.9 Å². The van der Waals surface area contributed by atoms with Crippen LogP contribution in [0.3, 0.4) is 0 Å². The number of aromatic nitrogens is 1. The molecule has 4 aromatic rings. The molecule has 0 aliphatic carbocycles. The average molecular weight is 597 g/mol. The number of halogens is 2. The number of carbonyl (C=O) groups excluding carboxylic acids is 1. The molecule has 4 heterocycles. The molecule has 1 saturated heterocycles. The van der Waals surface area contributed by atoms with Crippen LogP contribution in [0.2, 0.25) is 0 Å². The molecule has 6 rings (SSSR count). The fraction of sp³-hybridized carbons (Fsp3) is 0.241. The van der Waals surface area contributed by atoms with Crippen molar-refractivity contribution in [3.63, 3.8) is 0 Å². The third-order valence-electron chi connectivity index (χ3n) is 7.12. The van der Waals surface area contributed by atoms with Gasteiger partial charge in [-0.15, -0.1) is 11.3 Å². The molecule has 0 saturated carbocycles. The van der Waals surface area contributed by atoms with E-state index in [0.717, 1.165) is 71.4 Å². The van der Waals surface area contributed by atoms with Gasteiger partial charge in [-0.2, -0.15) is 0 Å². The minimum atomic E-state index is -4.29. The summed E-state index contributed by atoms with van der Waals surface area (Å²) in [7, 11) is -4.29. The molecule has 2 aromatic heterocycles. The number of nitrogens with one attached hydrogen (secondary N) is 1. The van der Waals surface area contributed by atoms with Crippen molar-refractivity contribution < 1.29 is 26.7 Å². The zero-order chi connectivity index (χ0) is 28.6. The number of carbonyl (C=O) groups is 1. The second-order valence-corrected chi connectivity index (χ2v) is 12.6. The SMILES string of the molecule is O=C1c2ccc(-c3ccc(-c4cncc(NS(=O)(=O)c5ccc(F)cc5F)c4)s3)cc2CN1CCN1CCOCC1. The van der Waals surface area contributed by atoms with Crippen LogP contribution in [0.5, 0.6) is 0 Å². The van der Waals surface area contributed by atoms with Gasteiger partial charge in [-0.05, 0) is 53.6 Å². The number of rotatable bonds is 8. The molecule has 1 fully saturated rings. The Balaban J connectivity index is 1.16. The normalized spacial score (nSPS) is 15.8. The Labute approximate surface area is 240 Å². The van der Waals surface area contributed by atoms with Crippen molar-refractivity contribution in [2.45, 2.75) is 11.4 Å². The van der Waals surface area contributed by atoms with Crippen LogP contribution in [-0.2, 0) is 21.3 Å². The van der Waals surface area contributed by atoms with Gasteiger partial charge in [0.2, 0.25) is 0 Å². The molecule has 1 amide bonds. The van der Waals surface area contributed by atoms with Crippen molar-refractivity contribution in [1.29, 1.82) is 0 Å². The van der Waals surface area contributed by atoms with Gasteiger partial charge in [-0.1, -0.05) is 6.07 Å². The molecule has 212 valence electrons. The summed E-state index contributed by atoms with van der Waals surface area (Å²) in [6.45, 7) is 5.30. The largest absolute Gasteiger partial charge is 0.379 e. The minimum absolute atomic E-state index is 0.0533. The van der Waals surface area contributed by atoms with Gasteiger partial charge >= 0.3 is 0 Å². The Morgan fingerprint density at radius 1 is 0.927 bits per heavy atom. The molecule has 8 nitrogen and oxygen atoms in total. The number of hydrogen-bond donors (Lipinski definition) is 1. The smallest absolute Gasteiger partial charge is 0.264 e. The maximum absolute atomic E-state index is 14.1. The molecule has 0 spiro atoms. The second kappa shape index (κ2) is 11.3. The molecule has 0 radical (unpaired) electrons. The lowest BCUT2D eigenvalue weighted by Crippen LogP contribution is -2.41. The summed E-state index contributed by atoms with van der Waals surface area (Å²) in [5.74, 6) is -1.99. The Bertz CT molecular complexity index is 1720. The van der Waals surface area contributed by atoms with E-state index in [4.69, 9.17) is 4.74 Å². The molecule has 2 aliphatic rings. The van der Waals surface area contributed by atoms with Crippen LogP contribution in [-0.4, -0.2) is 68.5 Å². The highest BCUT2D eigenvalue weighted by atomic mass is 32.2. The highest BCUT2D eigenvalue weighted by Crippen LogP contribution is 2.37. The van der Waals surface area contributed by atoms with E-state index in [1.165, 1.54) is 17.5 Å². The minimum Gasteiger partial charge on any atom is -0.379 e. The van der Waals surface area contributed by atoms with E-state index < -0.39 is 26.6 Å². The molecule has 1 N–H and O–H groups in total. The van der Waals surface area contributed by atoms with Gasteiger partial charge in [0.1, 0.15) is 16.5 Å². The molecule has 41 heavy (non-hydrogen) atoms. The Hall–Kier alpha value is -3.71. The van der Waals surface area contributed by atoms with Crippen LogP contribution in [0.1, 0.15) is 15.9 Å². The summed E-state index contributed by atoms with van der Waals surface area (Å²) in [5, 5.41) is 0. The molecule has 0 bridgehead atoms. The molecule has 0 unspecified atom stereocenters. The quantitative estimate of drug-likeness (QED) is 0.313. The molecular weight excluding hydrogens is 570 g/mol. The number of benzene rings is 2. The number of sulfonamides is 1. The topological polar surface area (TPSA) is 91.8 Å². The lowest BCUT2D eigenvalue weighted by Gasteiger charge is -2.28. The number of fused-ring (bicyclic) bond motifs is 1. The van der Waals surface area contributed by atoms with E-state index >= 15 is 0 Å². The van der Waals surface area contributed by atoms with Crippen molar-refractivity contribution in [3.05, 3.63) is 89.8 Å². The first-order valence-electron chi connectivity index (χ1n) is 13.0. The van der Waals surface area contributed by atoms with Crippen molar-refractivity contribution in [2.24, 2.45) is 0 Å². The maximum Gasteiger partial charge on any atom is 0.264 e. The summed E-state index contributed by atoms with van der Waals surface area (Å²) >= 11 is 1.51. The Kier molecular flexibility index (Phi) is 7.56. The van der Waals surface area contributed by atoms with E-state index in [9.17, 15) is 22.0 Å². The average Bonchev–Trinajstić information content (AvgIpc) is 3.57. The third kappa shape index (κ3) is 5.87.